The van der Waals surface area contributed by atoms with Crippen LogP contribution in [0.2, 0.25) is 5.02 Å². The van der Waals surface area contributed by atoms with Crippen LogP contribution in [0.3, 0.4) is 0 Å². The molecule has 2 aromatic carbocycles. The van der Waals surface area contributed by atoms with E-state index >= 15 is 0 Å². The molecule has 0 fully saturated rings. The number of aromatic nitrogens is 2. The van der Waals surface area contributed by atoms with Gasteiger partial charge in [0.1, 0.15) is 17.2 Å². The lowest BCUT2D eigenvalue weighted by Gasteiger charge is -2.11. The van der Waals surface area contributed by atoms with Crippen LogP contribution in [0, 0.1) is 5.82 Å². The number of nitrogens with zero attached hydrogens (tertiary/aromatic N) is 2. The molecule has 0 spiro atoms. The van der Waals surface area contributed by atoms with Crippen molar-refractivity contribution in [1.29, 1.82) is 0 Å². The summed E-state index contributed by atoms with van der Waals surface area (Å²) >= 11 is 15.4. The van der Waals surface area contributed by atoms with Gasteiger partial charge in [0.15, 0.2) is 0 Å². The maximum absolute atomic E-state index is 14.3. The highest BCUT2D eigenvalue weighted by molar-refractivity contribution is 9.10. The van der Waals surface area contributed by atoms with Crippen LogP contribution in [0.5, 0.6) is 0 Å². The fourth-order valence-corrected chi connectivity index (χ4v) is 3.22. The van der Waals surface area contributed by atoms with Gasteiger partial charge >= 0.3 is 0 Å². The van der Waals surface area contributed by atoms with E-state index in [9.17, 15) is 4.39 Å². The van der Waals surface area contributed by atoms with E-state index in [2.05, 4.69) is 20.9 Å². The second-order valence-electron chi connectivity index (χ2n) is 4.48. The minimum Gasteiger partial charge on any atom is -0.292 e. The van der Waals surface area contributed by atoms with Crippen molar-refractivity contribution in [3.05, 3.63) is 57.5 Å². The van der Waals surface area contributed by atoms with Crippen LogP contribution >= 0.6 is 39.1 Å². The first-order valence-electron chi connectivity index (χ1n) is 6.29. The van der Waals surface area contributed by atoms with Crippen LogP contribution < -0.4 is 0 Å². The molecule has 0 unspecified atom stereocenters. The van der Waals surface area contributed by atoms with Crippen LogP contribution in [0.4, 0.5) is 4.39 Å². The Morgan fingerprint density at radius 2 is 1.95 bits per heavy atom. The number of imidazole rings is 1. The Morgan fingerprint density at radius 3 is 2.67 bits per heavy atom. The summed E-state index contributed by atoms with van der Waals surface area (Å²) < 4.78 is 16.7. The molecule has 3 rings (SSSR count). The number of hydrogen-bond acceptors (Lipinski definition) is 1. The molecule has 0 N–H and O–H groups in total. The van der Waals surface area contributed by atoms with E-state index in [-0.39, 0.29) is 5.82 Å². The van der Waals surface area contributed by atoms with Gasteiger partial charge in [-0.15, -0.1) is 11.6 Å². The fourth-order valence-electron chi connectivity index (χ4n) is 2.32. The Kier molecular flexibility index (Phi) is 4.20. The number of aryl methyl sites for hydroxylation is 1. The van der Waals surface area contributed by atoms with Gasteiger partial charge in [0.25, 0.3) is 0 Å². The minimum atomic E-state index is -0.334. The first-order valence-corrected chi connectivity index (χ1v) is 8.00. The van der Waals surface area contributed by atoms with Crippen LogP contribution in [0.25, 0.3) is 16.7 Å². The summed E-state index contributed by atoms with van der Waals surface area (Å²) in [6.45, 7) is 0. The van der Waals surface area contributed by atoms with Crippen molar-refractivity contribution in [3.8, 4) is 5.69 Å². The molecule has 0 amide bonds. The molecule has 6 heteroatoms. The Bertz CT molecular complexity index is 797. The van der Waals surface area contributed by atoms with Crippen molar-refractivity contribution in [2.45, 2.75) is 6.42 Å². The molecule has 21 heavy (non-hydrogen) atoms. The third kappa shape index (κ3) is 2.56. The van der Waals surface area contributed by atoms with Crippen molar-refractivity contribution in [1.82, 2.24) is 9.55 Å². The van der Waals surface area contributed by atoms with Gasteiger partial charge in [-0.1, -0.05) is 23.7 Å². The summed E-state index contributed by atoms with van der Waals surface area (Å²) in [6, 6.07) is 10.3. The maximum atomic E-state index is 14.3. The SMILES string of the molecule is Fc1cccc(Br)c1-n1c(CCCl)nc2c(Cl)cccc21. The number of alkyl halides is 1. The molecular weight excluding hydrogens is 378 g/mol. The Labute approximate surface area is 139 Å². The third-order valence-electron chi connectivity index (χ3n) is 3.18. The van der Waals surface area contributed by atoms with E-state index in [1.165, 1.54) is 6.07 Å². The zero-order valence-electron chi connectivity index (χ0n) is 10.8. The molecule has 0 bridgehead atoms. The number of benzene rings is 2. The zero-order valence-corrected chi connectivity index (χ0v) is 13.9. The number of hydrogen-bond donors (Lipinski definition) is 0. The number of para-hydroxylation sites is 2. The summed E-state index contributed by atoms with van der Waals surface area (Å²) in [4.78, 5) is 4.52. The van der Waals surface area contributed by atoms with Crippen LogP contribution in [0.1, 0.15) is 5.82 Å². The number of fused-ring (bicyclic) bond motifs is 1. The summed E-state index contributed by atoms with van der Waals surface area (Å²) in [7, 11) is 0. The predicted molar refractivity (Wildman–Crippen MR) is 88.2 cm³/mol. The molecule has 0 atom stereocenters. The molecule has 1 aromatic heterocycles. The molecule has 0 aliphatic rings. The fraction of sp³-hybridized carbons (Fsp3) is 0.133. The summed E-state index contributed by atoms with van der Waals surface area (Å²) in [5.74, 6) is 0.742. The van der Waals surface area contributed by atoms with E-state index in [1.807, 2.05) is 12.1 Å². The van der Waals surface area contributed by atoms with E-state index in [0.717, 1.165) is 5.52 Å². The molecule has 1 heterocycles. The zero-order chi connectivity index (χ0) is 15.0. The molecule has 0 radical (unpaired) electrons. The Morgan fingerprint density at radius 1 is 1.19 bits per heavy atom. The Balaban J connectivity index is 2.40. The van der Waals surface area contributed by atoms with Crippen molar-refractivity contribution >= 4 is 50.2 Å². The van der Waals surface area contributed by atoms with Gasteiger partial charge in [-0.3, -0.25) is 4.57 Å². The lowest BCUT2D eigenvalue weighted by Crippen LogP contribution is -2.05. The van der Waals surface area contributed by atoms with Gasteiger partial charge < -0.3 is 0 Å². The number of rotatable bonds is 3. The Hall–Kier alpha value is -1.10. The largest absolute Gasteiger partial charge is 0.292 e. The summed E-state index contributed by atoms with van der Waals surface area (Å²) in [5.41, 5.74) is 1.82. The third-order valence-corrected chi connectivity index (χ3v) is 4.32. The van der Waals surface area contributed by atoms with Gasteiger partial charge in [-0.2, -0.15) is 0 Å². The van der Waals surface area contributed by atoms with Gasteiger partial charge in [-0.25, -0.2) is 9.37 Å². The highest BCUT2D eigenvalue weighted by atomic mass is 79.9. The lowest BCUT2D eigenvalue weighted by molar-refractivity contribution is 0.616. The maximum Gasteiger partial charge on any atom is 0.148 e. The minimum absolute atomic E-state index is 0.334. The first-order chi connectivity index (χ1) is 10.1. The summed E-state index contributed by atoms with van der Waals surface area (Å²) in [6.07, 6.45) is 0.521. The summed E-state index contributed by atoms with van der Waals surface area (Å²) in [5, 5.41) is 0.537. The first kappa shape index (κ1) is 14.8. The highest BCUT2D eigenvalue weighted by Crippen LogP contribution is 2.32. The quantitative estimate of drug-likeness (QED) is 0.553. The average molecular weight is 388 g/mol. The topological polar surface area (TPSA) is 17.8 Å². The van der Waals surface area contributed by atoms with Crippen LogP contribution in [0.15, 0.2) is 40.9 Å². The molecule has 2 nitrogen and oxygen atoms in total. The van der Waals surface area contributed by atoms with Gasteiger partial charge in [0.2, 0.25) is 0 Å². The van der Waals surface area contributed by atoms with E-state index in [1.54, 1.807) is 22.8 Å². The van der Waals surface area contributed by atoms with E-state index < -0.39 is 0 Å². The second-order valence-corrected chi connectivity index (χ2v) is 6.12. The number of halogens is 4. The van der Waals surface area contributed by atoms with Crippen LogP contribution in [-0.4, -0.2) is 15.4 Å². The molecule has 0 saturated carbocycles. The molecule has 0 saturated heterocycles. The smallest absolute Gasteiger partial charge is 0.148 e. The molecular formula is C15H10BrCl2FN2. The highest BCUT2D eigenvalue weighted by Gasteiger charge is 2.18. The molecule has 0 aliphatic carbocycles. The predicted octanol–water partition coefficient (Wildman–Crippen LogP) is 5.36. The van der Waals surface area contributed by atoms with Gasteiger partial charge in [0, 0.05) is 16.8 Å². The average Bonchev–Trinajstić information content (AvgIpc) is 2.80. The van der Waals surface area contributed by atoms with Gasteiger partial charge in [0.05, 0.1) is 16.2 Å². The van der Waals surface area contributed by atoms with Crippen molar-refractivity contribution in [2.24, 2.45) is 0 Å². The second kappa shape index (κ2) is 5.95. The normalized spacial score (nSPS) is 11.2. The molecule has 0 aliphatic heterocycles. The lowest BCUT2D eigenvalue weighted by atomic mass is 10.2. The van der Waals surface area contributed by atoms with E-state index in [0.29, 0.717) is 38.8 Å². The monoisotopic (exact) mass is 386 g/mol. The molecule has 3 aromatic rings. The van der Waals surface area contributed by atoms with Gasteiger partial charge in [-0.05, 0) is 40.2 Å². The van der Waals surface area contributed by atoms with E-state index in [4.69, 9.17) is 23.2 Å². The molecule has 108 valence electrons. The van der Waals surface area contributed by atoms with Crippen molar-refractivity contribution in [2.75, 3.05) is 5.88 Å². The van der Waals surface area contributed by atoms with Crippen molar-refractivity contribution < 1.29 is 4.39 Å². The standard InChI is InChI=1S/C15H10BrCl2FN2/c16-9-3-1-5-11(19)15(9)21-12-6-2-4-10(18)14(12)20-13(21)7-8-17/h1-6H,7-8H2. The van der Waals surface area contributed by atoms with Crippen LogP contribution in [-0.2, 0) is 6.42 Å². The van der Waals surface area contributed by atoms with Crippen molar-refractivity contribution in [3.63, 3.8) is 0 Å².